The van der Waals surface area contributed by atoms with Gasteiger partial charge in [-0.1, -0.05) is 208 Å². The van der Waals surface area contributed by atoms with Gasteiger partial charge in [0.2, 0.25) is 0 Å². The number of nitrogens with zero attached hydrogens (tertiary/aromatic N) is 1. The molecule has 0 aliphatic heterocycles. The van der Waals surface area contributed by atoms with Gasteiger partial charge in [-0.25, -0.2) is 0 Å². The molecule has 8 aromatic rings. The van der Waals surface area contributed by atoms with Crippen molar-refractivity contribution in [1.82, 2.24) is 0 Å². The summed E-state index contributed by atoms with van der Waals surface area (Å²) in [4.78, 5) is 2.58. The lowest BCUT2D eigenvalue weighted by Gasteiger charge is -2.45. The van der Waals surface area contributed by atoms with E-state index in [1.807, 2.05) is 0 Å². The Hall–Kier alpha value is -6.70. The van der Waals surface area contributed by atoms with Gasteiger partial charge < -0.3 is 4.90 Å². The molecule has 56 heavy (non-hydrogen) atoms. The van der Waals surface area contributed by atoms with Gasteiger partial charge in [-0.3, -0.25) is 0 Å². The topological polar surface area (TPSA) is 3.24 Å². The van der Waals surface area contributed by atoms with Gasteiger partial charge in [-0.2, -0.15) is 0 Å². The SMILES string of the molecule is CC1(C)c2ccccc2-c2ccc(N(c3ccc(-c4ccccc4)cc3)C3(c4cccc5ccccc45)C=CC(c4ccccc4-c4ccccc4)C=C3)cc21. The van der Waals surface area contributed by atoms with Crippen LogP contribution in [0.5, 0.6) is 0 Å². The van der Waals surface area contributed by atoms with E-state index >= 15 is 0 Å². The molecule has 0 saturated heterocycles. The van der Waals surface area contributed by atoms with Gasteiger partial charge in [0.05, 0.1) is 0 Å². The second-order valence-electron chi connectivity index (χ2n) is 15.7. The van der Waals surface area contributed by atoms with Gasteiger partial charge in [0.25, 0.3) is 0 Å². The number of hydrogen-bond donors (Lipinski definition) is 0. The molecular weight excluding hydrogens is 675 g/mol. The van der Waals surface area contributed by atoms with Crippen LogP contribution in [-0.2, 0) is 11.0 Å². The Morgan fingerprint density at radius 2 is 0.964 bits per heavy atom. The van der Waals surface area contributed by atoms with Crippen molar-refractivity contribution in [2.45, 2.75) is 30.7 Å². The highest BCUT2D eigenvalue weighted by atomic mass is 15.2. The Labute approximate surface area is 330 Å². The molecule has 0 amide bonds. The summed E-state index contributed by atoms with van der Waals surface area (Å²) in [5.41, 5.74) is 14.3. The Morgan fingerprint density at radius 3 is 1.73 bits per heavy atom. The second-order valence-corrected chi connectivity index (χ2v) is 15.7. The Balaban J connectivity index is 1.20. The van der Waals surface area contributed by atoms with Crippen LogP contribution in [0.3, 0.4) is 0 Å². The van der Waals surface area contributed by atoms with Gasteiger partial charge in [-0.15, -0.1) is 0 Å². The first kappa shape index (κ1) is 33.8. The van der Waals surface area contributed by atoms with Crippen LogP contribution in [-0.4, -0.2) is 0 Å². The van der Waals surface area contributed by atoms with E-state index in [2.05, 4.69) is 237 Å². The summed E-state index contributed by atoms with van der Waals surface area (Å²) in [7, 11) is 0. The van der Waals surface area contributed by atoms with Crippen LogP contribution >= 0.6 is 0 Å². The standard InChI is InChI=1S/C55H43N/c1-54(2)51-26-14-13-25-49(51)50-33-32-45(38-53(50)54)56(44-30-28-40(29-31-44)39-16-5-3-6-17-39)55(52-27-15-21-42-20-9-10-24-48(42)52)36-34-43(35-37-55)47-23-12-11-22-46(47)41-18-7-4-8-19-41/h3-38,43H,1-2H3. The third-order valence-corrected chi connectivity index (χ3v) is 12.2. The van der Waals surface area contributed by atoms with Crippen molar-refractivity contribution in [3.63, 3.8) is 0 Å². The zero-order chi connectivity index (χ0) is 37.7. The number of hydrogen-bond acceptors (Lipinski definition) is 1. The van der Waals surface area contributed by atoms with Crippen LogP contribution in [0.25, 0.3) is 44.2 Å². The minimum absolute atomic E-state index is 0.102. The van der Waals surface area contributed by atoms with E-state index in [0.717, 1.165) is 11.4 Å². The first-order valence-corrected chi connectivity index (χ1v) is 19.7. The van der Waals surface area contributed by atoms with E-state index in [9.17, 15) is 0 Å². The molecule has 8 aromatic carbocycles. The first-order chi connectivity index (χ1) is 27.5. The lowest BCUT2D eigenvalue weighted by Crippen LogP contribution is -2.42. The van der Waals surface area contributed by atoms with Crippen LogP contribution in [0, 0.1) is 0 Å². The zero-order valence-corrected chi connectivity index (χ0v) is 31.8. The first-order valence-electron chi connectivity index (χ1n) is 19.7. The molecule has 0 bridgehead atoms. The molecule has 1 heteroatoms. The van der Waals surface area contributed by atoms with Crippen LogP contribution < -0.4 is 4.90 Å². The summed E-state index contributed by atoms with van der Waals surface area (Å²) in [5.74, 6) is 0.102. The van der Waals surface area contributed by atoms with Gasteiger partial charge >= 0.3 is 0 Å². The normalized spacial score (nSPS) is 17.7. The van der Waals surface area contributed by atoms with Gasteiger partial charge in [0.1, 0.15) is 5.54 Å². The molecule has 2 aliphatic rings. The predicted octanol–water partition coefficient (Wildman–Crippen LogP) is 14.4. The Kier molecular flexibility index (Phi) is 8.19. The largest absolute Gasteiger partial charge is 0.324 e. The smallest absolute Gasteiger partial charge is 0.108 e. The molecule has 0 saturated carbocycles. The predicted molar refractivity (Wildman–Crippen MR) is 237 cm³/mol. The highest BCUT2D eigenvalue weighted by molar-refractivity contribution is 5.90. The minimum Gasteiger partial charge on any atom is -0.324 e. The maximum Gasteiger partial charge on any atom is 0.108 e. The second kappa shape index (κ2) is 13.6. The quantitative estimate of drug-likeness (QED) is 0.148. The molecule has 0 heterocycles. The van der Waals surface area contributed by atoms with Crippen molar-refractivity contribution in [2.24, 2.45) is 0 Å². The number of anilines is 2. The molecule has 1 nitrogen and oxygen atoms in total. The van der Waals surface area contributed by atoms with Crippen molar-refractivity contribution in [2.75, 3.05) is 4.90 Å². The third-order valence-electron chi connectivity index (χ3n) is 12.2. The molecule has 0 aromatic heterocycles. The minimum atomic E-state index is -0.656. The van der Waals surface area contributed by atoms with Crippen molar-refractivity contribution in [1.29, 1.82) is 0 Å². The summed E-state index contributed by atoms with van der Waals surface area (Å²) >= 11 is 0. The summed E-state index contributed by atoms with van der Waals surface area (Å²) in [5, 5.41) is 2.47. The molecule has 10 rings (SSSR count). The lowest BCUT2D eigenvalue weighted by atomic mass is 9.76. The van der Waals surface area contributed by atoms with Gasteiger partial charge in [0.15, 0.2) is 0 Å². The van der Waals surface area contributed by atoms with Crippen LogP contribution in [0.4, 0.5) is 11.4 Å². The van der Waals surface area contributed by atoms with E-state index in [1.54, 1.807) is 0 Å². The summed E-state index contributed by atoms with van der Waals surface area (Å²) < 4.78 is 0. The molecule has 2 aliphatic carbocycles. The fourth-order valence-electron chi connectivity index (χ4n) is 9.36. The van der Waals surface area contributed by atoms with Crippen LogP contribution in [0.15, 0.2) is 218 Å². The molecule has 0 spiro atoms. The fraction of sp³-hybridized carbons (Fsp3) is 0.0909. The highest BCUT2D eigenvalue weighted by Crippen LogP contribution is 2.53. The number of allylic oxidation sites excluding steroid dienone is 2. The third kappa shape index (κ3) is 5.54. The molecule has 0 unspecified atom stereocenters. The number of benzene rings is 8. The lowest BCUT2D eigenvalue weighted by molar-refractivity contribution is 0.651. The van der Waals surface area contributed by atoms with Crippen LogP contribution in [0.1, 0.15) is 42.0 Å². The number of rotatable bonds is 7. The zero-order valence-electron chi connectivity index (χ0n) is 31.8. The summed E-state index contributed by atoms with van der Waals surface area (Å²) in [6, 6.07) is 71.1. The van der Waals surface area contributed by atoms with Crippen molar-refractivity contribution in [3.05, 3.63) is 241 Å². The van der Waals surface area contributed by atoms with Crippen molar-refractivity contribution in [3.8, 4) is 33.4 Å². The average Bonchev–Trinajstić information content (AvgIpc) is 3.50. The molecule has 268 valence electrons. The fourth-order valence-corrected chi connectivity index (χ4v) is 9.36. The maximum atomic E-state index is 2.58. The summed E-state index contributed by atoms with van der Waals surface area (Å²) in [6.07, 6.45) is 9.81. The average molecular weight is 718 g/mol. The van der Waals surface area contributed by atoms with Crippen LogP contribution in [0.2, 0.25) is 0 Å². The molecule has 0 fully saturated rings. The monoisotopic (exact) mass is 717 g/mol. The maximum absolute atomic E-state index is 2.58. The Bertz CT molecular complexity index is 2750. The van der Waals surface area contributed by atoms with Gasteiger partial charge in [-0.05, 0) is 90.7 Å². The van der Waals surface area contributed by atoms with E-state index in [-0.39, 0.29) is 11.3 Å². The van der Waals surface area contributed by atoms with E-state index in [0.29, 0.717) is 0 Å². The molecular formula is C55H43N. The summed E-state index contributed by atoms with van der Waals surface area (Å²) in [6.45, 7) is 4.74. The van der Waals surface area contributed by atoms with E-state index in [1.165, 1.54) is 66.4 Å². The number of fused-ring (bicyclic) bond motifs is 4. The highest BCUT2D eigenvalue weighted by Gasteiger charge is 2.41. The molecule has 0 N–H and O–H groups in total. The van der Waals surface area contributed by atoms with Crippen molar-refractivity contribution < 1.29 is 0 Å². The molecule has 0 radical (unpaired) electrons. The van der Waals surface area contributed by atoms with E-state index < -0.39 is 5.54 Å². The Morgan fingerprint density at radius 1 is 0.411 bits per heavy atom. The van der Waals surface area contributed by atoms with Gasteiger partial charge in [0, 0.05) is 22.7 Å². The van der Waals surface area contributed by atoms with Crippen molar-refractivity contribution >= 4 is 22.1 Å². The molecule has 0 atom stereocenters. The van der Waals surface area contributed by atoms with E-state index in [4.69, 9.17) is 0 Å².